The second kappa shape index (κ2) is 4.55. The van der Waals surface area contributed by atoms with Crippen molar-refractivity contribution in [1.29, 1.82) is 0 Å². The smallest absolute Gasteiger partial charge is 0.273 e. The number of amides is 1. The van der Waals surface area contributed by atoms with Crippen molar-refractivity contribution < 1.29 is 4.79 Å². The van der Waals surface area contributed by atoms with Gasteiger partial charge in [-0.15, -0.1) is 11.3 Å². The first-order valence-corrected chi connectivity index (χ1v) is 5.63. The van der Waals surface area contributed by atoms with Crippen LogP contribution in [0.1, 0.15) is 35.8 Å². The normalized spacial score (nSPS) is 12.6. The van der Waals surface area contributed by atoms with Crippen LogP contribution in [0.5, 0.6) is 0 Å². The van der Waals surface area contributed by atoms with Crippen molar-refractivity contribution in [1.82, 2.24) is 9.88 Å². The van der Waals surface area contributed by atoms with Crippen molar-refractivity contribution in [3.63, 3.8) is 0 Å². The molecule has 4 heteroatoms. The number of thiazole rings is 1. The highest BCUT2D eigenvalue weighted by atomic mass is 32.1. The van der Waals surface area contributed by atoms with Crippen LogP contribution in [-0.2, 0) is 0 Å². The summed E-state index contributed by atoms with van der Waals surface area (Å²) in [7, 11) is 1.82. The maximum Gasteiger partial charge on any atom is 0.273 e. The van der Waals surface area contributed by atoms with Crippen LogP contribution in [0.4, 0.5) is 0 Å². The van der Waals surface area contributed by atoms with E-state index in [9.17, 15) is 4.79 Å². The molecule has 0 aliphatic rings. The highest BCUT2D eigenvalue weighted by Gasteiger charge is 2.17. The molecular weight excluding hydrogens is 196 g/mol. The third kappa shape index (κ3) is 2.32. The zero-order valence-corrected chi connectivity index (χ0v) is 9.89. The summed E-state index contributed by atoms with van der Waals surface area (Å²) in [5.41, 5.74) is 0.565. The van der Waals surface area contributed by atoms with Crippen LogP contribution < -0.4 is 0 Å². The van der Waals surface area contributed by atoms with Gasteiger partial charge in [0, 0.05) is 18.5 Å². The molecule has 0 aliphatic carbocycles. The first-order chi connectivity index (χ1) is 6.56. The Morgan fingerprint density at radius 3 is 2.79 bits per heavy atom. The van der Waals surface area contributed by atoms with Gasteiger partial charge in [0.25, 0.3) is 5.91 Å². The molecule has 0 spiro atoms. The van der Waals surface area contributed by atoms with Gasteiger partial charge in [-0.2, -0.15) is 0 Å². The molecule has 0 saturated carbocycles. The monoisotopic (exact) mass is 212 g/mol. The van der Waals surface area contributed by atoms with Crippen LogP contribution in [0.2, 0.25) is 0 Å². The molecule has 14 heavy (non-hydrogen) atoms. The van der Waals surface area contributed by atoms with Gasteiger partial charge in [-0.1, -0.05) is 6.92 Å². The van der Waals surface area contributed by atoms with Gasteiger partial charge in [-0.25, -0.2) is 4.98 Å². The van der Waals surface area contributed by atoms with E-state index >= 15 is 0 Å². The van der Waals surface area contributed by atoms with Crippen molar-refractivity contribution in [2.75, 3.05) is 7.05 Å². The molecule has 1 heterocycles. The van der Waals surface area contributed by atoms with E-state index in [1.54, 1.807) is 4.90 Å². The van der Waals surface area contributed by atoms with Gasteiger partial charge in [0.05, 0.1) is 5.01 Å². The topological polar surface area (TPSA) is 33.2 Å². The van der Waals surface area contributed by atoms with E-state index in [0.29, 0.717) is 5.69 Å². The number of aryl methyl sites for hydroxylation is 1. The predicted octanol–water partition coefficient (Wildman–Crippen LogP) is 2.32. The van der Waals surface area contributed by atoms with Crippen LogP contribution in [0.15, 0.2) is 5.38 Å². The van der Waals surface area contributed by atoms with Gasteiger partial charge in [0.15, 0.2) is 0 Å². The van der Waals surface area contributed by atoms with Gasteiger partial charge >= 0.3 is 0 Å². The molecule has 1 rings (SSSR count). The molecule has 1 aromatic heterocycles. The van der Waals surface area contributed by atoms with E-state index in [1.807, 2.05) is 26.3 Å². The Hall–Kier alpha value is -0.900. The van der Waals surface area contributed by atoms with Crippen LogP contribution in [0, 0.1) is 6.92 Å². The minimum Gasteiger partial charge on any atom is -0.338 e. The van der Waals surface area contributed by atoms with Crippen molar-refractivity contribution in [3.8, 4) is 0 Å². The molecule has 78 valence electrons. The summed E-state index contributed by atoms with van der Waals surface area (Å²) < 4.78 is 0. The van der Waals surface area contributed by atoms with Crippen LogP contribution in [0.3, 0.4) is 0 Å². The first kappa shape index (κ1) is 11.2. The van der Waals surface area contributed by atoms with E-state index in [0.717, 1.165) is 11.4 Å². The average Bonchev–Trinajstić information content (AvgIpc) is 2.61. The zero-order chi connectivity index (χ0) is 10.7. The molecular formula is C10H16N2OS. The number of aromatic nitrogens is 1. The minimum atomic E-state index is 0.0173. The van der Waals surface area contributed by atoms with Crippen molar-refractivity contribution in [3.05, 3.63) is 16.1 Å². The summed E-state index contributed by atoms with van der Waals surface area (Å²) in [6, 6.07) is 0.268. The summed E-state index contributed by atoms with van der Waals surface area (Å²) in [5, 5.41) is 2.75. The summed E-state index contributed by atoms with van der Waals surface area (Å²) in [6.45, 7) is 6.02. The number of hydrogen-bond donors (Lipinski definition) is 0. The molecule has 0 N–H and O–H groups in total. The van der Waals surface area contributed by atoms with Gasteiger partial charge in [-0.05, 0) is 20.3 Å². The largest absolute Gasteiger partial charge is 0.338 e. The second-order valence-electron chi connectivity index (χ2n) is 3.43. The average molecular weight is 212 g/mol. The lowest BCUT2D eigenvalue weighted by atomic mass is 10.2. The molecule has 0 bridgehead atoms. The van der Waals surface area contributed by atoms with E-state index < -0.39 is 0 Å². The Bertz CT molecular complexity index is 322. The van der Waals surface area contributed by atoms with Gasteiger partial charge in [0.1, 0.15) is 5.69 Å². The quantitative estimate of drug-likeness (QED) is 0.770. The number of hydrogen-bond acceptors (Lipinski definition) is 3. The molecule has 0 aromatic carbocycles. The molecule has 3 nitrogen and oxygen atoms in total. The molecule has 0 fully saturated rings. The summed E-state index contributed by atoms with van der Waals surface area (Å²) >= 11 is 1.51. The lowest BCUT2D eigenvalue weighted by molar-refractivity contribution is 0.0735. The van der Waals surface area contributed by atoms with Crippen LogP contribution in [0.25, 0.3) is 0 Å². The standard InChI is InChI=1S/C10H16N2OS/c1-5-7(2)12(4)10(13)9-6-14-8(3)11-9/h6-7H,5H2,1-4H3. The lowest BCUT2D eigenvalue weighted by Gasteiger charge is -2.22. The molecule has 1 atom stereocenters. The van der Waals surface area contributed by atoms with Gasteiger partial charge in [0.2, 0.25) is 0 Å². The molecule has 0 radical (unpaired) electrons. The maximum atomic E-state index is 11.8. The van der Waals surface area contributed by atoms with E-state index in [-0.39, 0.29) is 11.9 Å². The maximum absolute atomic E-state index is 11.8. The third-order valence-electron chi connectivity index (χ3n) is 2.41. The van der Waals surface area contributed by atoms with Crippen LogP contribution in [-0.4, -0.2) is 28.9 Å². The number of nitrogens with zero attached hydrogens (tertiary/aromatic N) is 2. The third-order valence-corrected chi connectivity index (χ3v) is 3.18. The summed E-state index contributed by atoms with van der Waals surface area (Å²) in [6.07, 6.45) is 0.964. The number of carbonyl (C=O) groups is 1. The zero-order valence-electron chi connectivity index (χ0n) is 9.07. The fraction of sp³-hybridized carbons (Fsp3) is 0.600. The van der Waals surface area contributed by atoms with Crippen molar-refractivity contribution >= 4 is 17.2 Å². The Morgan fingerprint density at radius 2 is 2.36 bits per heavy atom. The Labute approximate surface area is 88.8 Å². The Morgan fingerprint density at radius 1 is 1.71 bits per heavy atom. The Kier molecular flexibility index (Phi) is 3.63. The molecule has 0 aliphatic heterocycles. The minimum absolute atomic E-state index is 0.0173. The van der Waals surface area contributed by atoms with E-state index in [4.69, 9.17) is 0 Å². The summed E-state index contributed by atoms with van der Waals surface area (Å²) in [4.78, 5) is 17.7. The van der Waals surface area contributed by atoms with Gasteiger partial charge in [-0.3, -0.25) is 4.79 Å². The highest BCUT2D eigenvalue weighted by Crippen LogP contribution is 2.12. The van der Waals surface area contributed by atoms with Crippen molar-refractivity contribution in [2.45, 2.75) is 33.2 Å². The SMILES string of the molecule is CCC(C)N(C)C(=O)c1csc(C)n1. The molecule has 1 unspecified atom stereocenters. The highest BCUT2D eigenvalue weighted by molar-refractivity contribution is 7.09. The van der Waals surface area contributed by atoms with Gasteiger partial charge < -0.3 is 4.90 Å². The fourth-order valence-electron chi connectivity index (χ4n) is 1.12. The predicted molar refractivity (Wildman–Crippen MR) is 58.7 cm³/mol. The van der Waals surface area contributed by atoms with E-state index in [1.165, 1.54) is 11.3 Å². The molecule has 0 saturated heterocycles. The first-order valence-electron chi connectivity index (χ1n) is 4.75. The van der Waals surface area contributed by atoms with Crippen LogP contribution >= 0.6 is 11.3 Å². The van der Waals surface area contributed by atoms with Crippen molar-refractivity contribution in [2.24, 2.45) is 0 Å². The number of carbonyl (C=O) groups excluding carboxylic acids is 1. The Balaban J connectivity index is 2.75. The second-order valence-corrected chi connectivity index (χ2v) is 4.49. The molecule has 1 aromatic rings. The number of rotatable bonds is 3. The lowest BCUT2D eigenvalue weighted by Crippen LogP contribution is -2.34. The van der Waals surface area contributed by atoms with E-state index in [2.05, 4.69) is 11.9 Å². The fourth-order valence-corrected chi connectivity index (χ4v) is 1.70. The summed E-state index contributed by atoms with van der Waals surface area (Å²) in [5.74, 6) is 0.0173. The molecule has 1 amide bonds.